The summed E-state index contributed by atoms with van der Waals surface area (Å²) in [7, 11) is 2.05. The van der Waals surface area contributed by atoms with Crippen molar-refractivity contribution in [2.24, 2.45) is 5.92 Å². The van der Waals surface area contributed by atoms with E-state index in [0.29, 0.717) is 6.04 Å². The average molecular weight is 289 g/mol. The Balaban J connectivity index is 2.15. The lowest BCUT2D eigenvalue weighted by molar-refractivity contribution is 0.0937. The molecule has 1 aliphatic rings. The number of likely N-dealkylation sites (N-methyl/N-ethyl adjacent to an activating group) is 1. The molecule has 0 amide bonds. The molecule has 1 aromatic carbocycles. The summed E-state index contributed by atoms with van der Waals surface area (Å²) in [5.41, 5.74) is 2.81. The Bertz CT molecular complexity index is 475. The zero-order valence-corrected chi connectivity index (χ0v) is 14.5. The number of nitrogens with one attached hydrogen (secondary N) is 1. The van der Waals surface area contributed by atoms with E-state index < -0.39 is 0 Å². The van der Waals surface area contributed by atoms with Gasteiger partial charge >= 0.3 is 0 Å². The molecule has 0 aromatic heterocycles. The normalized spacial score (nSPS) is 26.7. The first-order valence-corrected chi connectivity index (χ1v) is 8.26. The highest BCUT2D eigenvalue weighted by molar-refractivity contribution is 5.39. The molecule has 3 atom stereocenters. The highest BCUT2D eigenvalue weighted by Crippen LogP contribution is 2.31. The standard InChI is InChI=1S/C19H31NO/c1-13-7-9-16(20-6)18(11-13)21-17-10-8-15(12-14(17)2)19(3,4)5/h8,10,12-13,16,18,20H,7,9,11H2,1-6H3. The van der Waals surface area contributed by atoms with Crippen LogP contribution in [0.5, 0.6) is 5.75 Å². The van der Waals surface area contributed by atoms with E-state index >= 15 is 0 Å². The Kier molecular flexibility index (Phi) is 4.98. The molecule has 2 nitrogen and oxygen atoms in total. The van der Waals surface area contributed by atoms with Gasteiger partial charge in [-0.3, -0.25) is 0 Å². The fraction of sp³-hybridized carbons (Fsp3) is 0.684. The van der Waals surface area contributed by atoms with Gasteiger partial charge in [-0.25, -0.2) is 0 Å². The zero-order valence-electron chi connectivity index (χ0n) is 14.5. The van der Waals surface area contributed by atoms with Crippen molar-refractivity contribution < 1.29 is 4.74 Å². The van der Waals surface area contributed by atoms with Crippen LogP contribution in [0.25, 0.3) is 0 Å². The first-order chi connectivity index (χ1) is 9.81. The van der Waals surface area contributed by atoms with Gasteiger partial charge in [-0.05, 0) is 61.8 Å². The van der Waals surface area contributed by atoms with Gasteiger partial charge in [0, 0.05) is 6.04 Å². The zero-order chi connectivity index (χ0) is 15.6. The molecule has 1 fully saturated rings. The highest BCUT2D eigenvalue weighted by atomic mass is 16.5. The minimum Gasteiger partial charge on any atom is -0.489 e. The Morgan fingerprint density at radius 1 is 1.19 bits per heavy atom. The van der Waals surface area contributed by atoms with Crippen LogP contribution in [0.2, 0.25) is 0 Å². The van der Waals surface area contributed by atoms with Gasteiger partial charge in [-0.1, -0.05) is 39.8 Å². The van der Waals surface area contributed by atoms with Gasteiger partial charge in [0.25, 0.3) is 0 Å². The van der Waals surface area contributed by atoms with Crippen LogP contribution in [0.4, 0.5) is 0 Å². The van der Waals surface area contributed by atoms with Crippen molar-refractivity contribution in [1.29, 1.82) is 0 Å². The second kappa shape index (κ2) is 6.39. The van der Waals surface area contributed by atoms with Crippen LogP contribution in [0.15, 0.2) is 18.2 Å². The Morgan fingerprint density at radius 3 is 2.48 bits per heavy atom. The van der Waals surface area contributed by atoms with Gasteiger partial charge in [-0.15, -0.1) is 0 Å². The quantitative estimate of drug-likeness (QED) is 0.887. The van der Waals surface area contributed by atoms with E-state index in [0.717, 1.165) is 18.1 Å². The average Bonchev–Trinajstić information content (AvgIpc) is 2.40. The molecule has 21 heavy (non-hydrogen) atoms. The third-order valence-electron chi connectivity index (χ3n) is 4.74. The van der Waals surface area contributed by atoms with Crippen molar-refractivity contribution in [3.8, 4) is 5.75 Å². The Hall–Kier alpha value is -1.02. The minimum absolute atomic E-state index is 0.191. The van der Waals surface area contributed by atoms with Gasteiger partial charge in [0.2, 0.25) is 0 Å². The predicted molar refractivity (Wildman–Crippen MR) is 90.2 cm³/mol. The van der Waals surface area contributed by atoms with Crippen LogP contribution in [0.1, 0.15) is 58.1 Å². The molecule has 0 heterocycles. The van der Waals surface area contributed by atoms with Crippen LogP contribution in [0.3, 0.4) is 0 Å². The van der Waals surface area contributed by atoms with Gasteiger partial charge < -0.3 is 10.1 Å². The van der Waals surface area contributed by atoms with E-state index in [4.69, 9.17) is 4.74 Å². The smallest absolute Gasteiger partial charge is 0.122 e. The molecule has 1 N–H and O–H groups in total. The molecule has 0 spiro atoms. The lowest BCUT2D eigenvalue weighted by Crippen LogP contribution is -2.45. The number of hydrogen-bond acceptors (Lipinski definition) is 2. The van der Waals surface area contributed by atoms with Crippen LogP contribution in [-0.2, 0) is 5.41 Å². The highest BCUT2D eigenvalue weighted by Gasteiger charge is 2.29. The van der Waals surface area contributed by atoms with Crippen molar-refractivity contribution in [1.82, 2.24) is 5.32 Å². The number of ether oxygens (including phenoxy) is 1. The summed E-state index contributed by atoms with van der Waals surface area (Å²) in [4.78, 5) is 0. The molecule has 1 aromatic rings. The van der Waals surface area contributed by atoms with E-state index in [9.17, 15) is 0 Å². The summed E-state index contributed by atoms with van der Waals surface area (Å²) in [6.45, 7) is 11.2. The van der Waals surface area contributed by atoms with E-state index in [2.05, 4.69) is 58.1 Å². The molecule has 1 saturated carbocycles. The first kappa shape index (κ1) is 16.4. The maximum absolute atomic E-state index is 6.37. The Morgan fingerprint density at radius 2 is 1.90 bits per heavy atom. The van der Waals surface area contributed by atoms with Gasteiger partial charge in [0.15, 0.2) is 0 Å². The lowest BCUT2D eigenvalue weighted by atomic mass is 9.84. The van der Waals surface area contributed by atoms with Crippen molar-refractivity contribution in [2.45, 2.75) is 71.4 Å². The summed E-state index contributed by atoms with van der Waals surface area (Å²) in [5, 5.41) is 3.42. The summed E-state index contributed by atoms with van der Waals surface area (Å²) >= 11 is 0. The van der Waals surface area contributed by atoms with E-state index in [1.807, 2.05) is 7.05 Å². The molecule has 118 valence electrons. The summed E-state index contributed by atoms with van der Waals surface area (Å²) in [6.07, 6.45) is 3.94. The molecule has 3 unspecified atom stereocenters. The van der Waals surface area contributed by atoms with Crippen LogP contribution in [0, 0.1) is 12.8 Å². The number of aryl methyl sites for hydroxylation is 1. The number of rotatable bonds is 3. The van der Waals surface area contributed by atoms with Crippen LogP contribution >= 0.6 is 0 Å². The third-order valence-corrected chi connectivity index (χ3v) is 4.74. The number of hydrogen-bond donors (Lipinski definition) is 1. The minimum atomic E-state index is 0.191. The van der Waals surface area contributed by atoms with E-state index in [1.165, 1.54) is 24.0 Å². The first-order valence-electron chi connectivity index (χ1n) is 8.26. The summed E-state index contributed by atoms with van der Waals surface area (Å²) < 4.78 is 6.37. The molecule has 2 rings (SSSR count). The van der Waals surface area contributed by atoms with Gasteiger partial charge in [0.1, 0.15) is 11.9 Å². The molecule has 0 radical (unpaired) electrons. The molecule has 0 bridgehead atoms. The second-order valence-corrected chi connectivity index (χ2v) is 7.70. The van der Waals surface area contributed by atoms with E-state index in [-0.39, 0.29) is 11.5 Å². The SMILES string of the molecule is CNC1CCC(C)CC1Oc1ccc(C(C)(C)C)cc1C. The topological polar surface area (TPSA) is 21.3 Å². The molecule has 2 heteroatoms. The van der Waals surface area contributed by atoms with Crippen molar-refractivity contribution in [3.05, 3.63) is 29.3 Å². The van der Waals surface area contributed by atoms with Crippen LogP contribution < -0.4 is 10.1 Å². The van der Waals surface area contributed by atoms with Gasteiger partial charge in [0.05, 0.1) is 0 Å². The predicted octanol–water partition coefficient (Wildman–Crippen LogP) is 4.45. The van der Waals surface area contributed by atoms with Crippen molar-refractivity contribution in [2.75, 3.05) is 7.05 Å². The largest absolute Gasteiger partial charge is 0.489 e. The molecule has 0 aliphatic heterocycles. The monoisotopic (exact) mass is 289 g/mol. The third kappa shape index (κ3) is 4.00. The van der Waals surface area contributed by atoms with Gasteiger partial charge in [-0.2, -0.15) is 0 Å². The maximum Gasteiger partial charge on any atom is 0.122 e. The van der Waals surface area contributed by atoms with Crippen molar-refractivity contribution in [3.63, 3.8) is 0 Å². The fourth-order valence-corrected chi connectivity index (χ4v) is 3.20. The summed E-state index contributed by atoms with van der Waals surface area (Å²) in [6, 6.07) is 7.11. The summed E-state index contributed by atoms with van der Waals surface area (Å²) in [5.74, 6) is 1.80. The maximum atomic E-state index is 6.37. The molecule has 0 saturated heterocycles. The molecular weight excluding hydrogens is 258 g/mol. The Labute approximate surface area is 130 Å². The van der Waals surface area contributed by atoms with E-state index in [1.54, 1.807) is 0 Å². The fourth-order valence-electron chi connectivity index (χ4n) is 3.20. The molecular formula is C19H31NO. The molecule has 1 aliphatic carbocycles. The number of benzene rings is 1. The van der Waals surface area contributed by atoms with Crippen LogP contribution in [-0.4, -0.2) is 19.2 Å². The lowest BCUT2D eigenvalue weighted by Gasteiger charge is -2.35. The second-order valence-electron chi connectivity index (χ2n) is 7.70. The van der Waals surface area contributed by atoms with Crippen molar-refractivity contribution >= 4 is 0 Å².